The molecule has 0 aliphatic rings. The van der Waals surface area contributed by atoms with Crippen molar-refractivity contribution in [2.24, 2.45) is 0 Å². The van der Waals surface area contributed by atoms with Crippen LogP contribution in [0.15, 0.2) is 24.3 Å². The van der Waals surface area contributed by atoms with E-state index in [0.29, 0.717) is 6.54 Å². The highest BCUT2D eigenvalue weighted by Gasteiger charge is 2.12. The minimum absolute atomic E-state index is 0.130. The maximum absolute atomic E-state index is 11.7. The number of carbonyl (C=O) groups excluding carboxylic acids is 1. The number of amides is 1. The van der Waals surface area contributed by atoms with E-state index in [-0.39, 0.29) is 16.4 Å². The number of non-ortho nitro benzene ring substituents is 1. The summed E-state index contributed by atoms with van der Waals surface area (Å²) >= 11 is 4.90. The summed E-state index contributed by atoms with van der Waals surface area (Å²) in [6.07, 6.45) is 0.882. The van der Waals surface area contributed by atoms with Crippen LogP contribution >= 0.6 is 12.2 Å². The van der Waals surface area contributed by atoms with Crippen LogP contribution in [-0.4, -0.2) is 22.5 Å². The van der Waals surface area contributed by atoms with Gasteiger partial charge in [0.15, 0.2) is 5.11 Å². The average molecular weight is 267 g/mol. The number of nitrogens with zero attached hydrogens (tertiary/aromatic N) is 1. The molecular formula is C11H13N3O3S. The standard InChI is InChI=1S/C11H13N3O3S/c1-2-6-12-11(18)13-10(15)8-4-3-5-9(7-8)14(16)17/h3-5,7H,2,6H2,1H3,(H2,12,13,15,18). The maximum atomic E-state index is 11.7. The third-order valence-electron chi connectivity index (χ3n) is 2.08. The van der Waals surface area contributed by atoms with Gasteiger partial charge in [0.05, 0.1) is 4.92 Å². The Bertz CT molecular complexity index is 476. The summed E-state index contributed by atoms with van der Waals surface area (Å²) in [5.41, 5.74) is 0.0694. The van der Waals surface area contributed by atoms with Gasteiger partial charge in [-0.3, -0.25) is 20.2 Å². The van der Waals surface area contributed by atoms with Crippen LogP contribution in [0, 0.1) is 10.1 Å². The zero-order chi connectivity index (χ0) is 13.5. The molecule has 0 saturated heterocycles. The molecule has 0 atom stereocenters. The molecule has 96 valence electrons. The molecule has 6 nitrogen and oxygen atoms in total. The van der Waals surface area contributed by atoms with Crippen molar-refractivity contribution < 1.29 is 9.72 Å². The number of thiocarbonyl (C=S) groups is 1. The van der Waals surface area contributed by atoms with Gasteiger partial charge in [-0.2, -0.15) is 0 Å². The quantitative estimate of drug-likeness (QED) is 0.492. The Hall–Kier alpha value is -2.02. The smallest absolute Gasteiger partial charge is 0.270 e. The molecule has 0 aromatic heterocycles. The van der Waals surface area contributed by atoms with Crippen LogP contribution in [0.4, 0.5) is 5.69 Å². The number of hydrogen-bond acceptors (Lipinski definition) is 4. The Morgan fingerprint density at radius 3 is 2.83 bits per heavy atom. The van der Waals surface area contributed by atoms with Crippen LogP contribution in [0.1, 0.15) is 23.7 Å². The lowest BCUT2D eigenvalue weighted by molar-refractivity contribution is -0.384. The molecule has 1 aromatic carbocycles. The monoisotopic (exact) mass is 267 g/mol. The molecule has 0 radical (unpaired) electrons. The van der Waals surface area contributed by atoms with Crippen LogP contribution < -0.4 is 10.6 Å². The van der Waals surface area contributed by atoms with Gasteiger partial charge in [-0.1, -0.05) is 13.0 Å². The van der Waals surface area contributed by atoms with Crippen LogP contribution in [0.25, 0.3) is 0 Å². The fourth-order valence-corrected chi connectivity index (χ4v) is 1.41. The summed E-state index contributed by atoms with van der Waals surface area (Å²) in [4.78, 5) is 21.8. The summed E-state index contributed by atoms with van der Waals surface area (Å²) in [5, 5.41) is 16.1. The van der Waals surface area contributed by atoms with E-state index in [1.165, 1.54) is 24.3 Å². The highest BCUT2D eigenvalue weighted by atomic mass is 32.1. The van der Waals surface area contributed by atoms with E-state index in [1.807, 2.05) is 6.92 Å². The lowest BCUT2D eigenvalue weighted by Crippen LogP contribution is -2.39. The van der Waals surface area contributed by atoms with Crippen molar-refractivity contribution in [2.75, 3.05) is 6.54 Å². The number of nitro benzene ring substituents is 1. The van der Waals surface area contributed by atoms with E-state index < -0.39 is 10.8 Å². The Kier molecular flexibility index (Phi) is 5.19. The number of benzene rings is 1. The van der Waals surface area contributed by atoms with Crippen LogP contribution in [0.2, 0.25) is 0 Å². The molecule has 0 aliphatic carbocycles. The van der Waals surface area contributed by atoms with Gasteiger partial charge < -0.3 is 5.32 Å². The van der Waals surface area contributed by atoms with Crippen LogP contribution in [0.5, 0.6) is 0 Å². The molecule has 1 aromatic rings. The molecule has 0 spiro atoms. The number of nitro groups is 1. The topological polar surface area (TPSA) is 84.3 Å². The minimum Gasteiger partial charge on any atom is -0.362 e. The van der Waals surface area contributed by atoms with E-state index >= 15 is 0 Å². The van der Waals surface area contributed by atoms with E-state index in [4.69, 9.17) is 12.2 Å². The second-order valence-electron chi connectivity index (χ2n) is 3.52. The van der Waals surface area contributed by atoms with Crippen LogP contribution in [-0.2, 0) is 0 Å². The summed E-state index contributed by atoms with van der Waals surface area (Å²) in [7, 11) is 0. The molecule has 2 N–H and O–H groups in total. The van der Waals surface area contributed by atoms with Crippen molar-refractivity contribution in [3.63, 3.8) is 0 Å². The van der Waals surface area contributed by atoms with Crippen molar-refractivity contribution in [1.82, 2.24) is 10.6 Å². The molecule has 0 fully saturated rings. The molecule has 0 saturated carbocycles. The third kappa shape index (κ3) is 4.10. The van der Waals surface area contributed by atoms with Crippen molar-refractivity contribution in [3.05, 3.63) is 39.9 Å². The van der Waals surface area contributed by atoms with Gasteiger partial charge in [-0.25, -0.2) is 0 Å². The summed E-state index contributed by atoms with van der Waals surface area (Å²) in [6.45, 7) is 2.63. The fourth-order valence-electron chi connectivity index (χ4n) is 1.22. The molecule has 0 unspecified atom stereocenters. The van der Waals surface area contributed by atoms with Gasteiger partial charge >= 0.3 is 0 Å². The normalized spacial score (nSPS) is 9.61. The third-order valence-corrected chi connectivity index (χ3v) is 2.33. The first-order valence-corrected chi connectivity index (χ1v) is 5.79. The predicted molar refractivity (Wildman–Crippen MR) is 71.5 cm³/mol. The van der Waals surface area contributed by atoms with Crippen molar-refractivity contribution in [1.29, 1.82) is 0 Å². The van der Waals surface area contributed by atoms with E-state index in [2.05, 4.69) is 10.6 Å². The molecule has 0 bridgehead atoms. The zero-order valence-electron chi connectivity index (χ0n) is 9.80. The number of hydrogen-bond donors (Lipinski definition) is 2. The molecule has 1 amide bonds. The van der Waals surface area contributed by atoms with E-state index in [9.17, 15) is 14.9 Å². The molecular weight excluding hydrogens is 254 g/mol. The van der Waals surface area contributed by atoms with Gasteiger partial charge in [0, 0.05) is 24.2 Å². The second kappa shape index (κ2) is 6.65. The Labute approximate surface area is 110 Å². The lowest BCUT2D eigenvalue weighted by atomic mass is 10.2. The van der Waals surface area contributed by atoms with Gasteiger partial charge in [-0.15, -0.1) is 0 Å². The fraction of sp³-hybridized carbons (Fsp3) is 0.273. The number of rotatable bonds is 4. The first-order chi connectivity index (χ1) is 8.54. The first kappa shape index (κ1) is 14.0. The highest BCUT2D eigenvalue weighted by Crippen LogP contribution is 2.12. The minimum atomic E-state index is -0.551. The maximum Gasteiger partial charge on any atom is 0.270 e. The lowest BCUT2D eigenvalue weighted by Gasteiger charge is -2.08. The summed E-state index contributed by atoms with van der Waals surface area (Å²) < 4.78 is 0. The van der Waals surface area contributed by atoms with Gasteiger partial charge in [0.1, 0.15) is 0 Å². The molecule has 1 rings (SSSR count). The molecule has 0 aliphatic heterocycles. The van der Waals surface area contributed by atoms with Crippen LogP contribution in [0.3, 0.4) is 0 Å². The molecule has 0 heterocycles. The second-order valence-corrected chi connectivity index (χ2v) is 3.93. The van der Waals surface area contributed by atoms with Crippen molar-refractivity contribution in [3.8, 4) is 0 Å². The Morgan fingerprint density at radius 2 is 2.22 bits per heavy atom. The number of nitrogens with one attached hydrogen (secondary N) is 2. The number of carbonyl (C=O) groups is 1. The molecule has 18 heavy (non-hydrogen) atoms. The molecule has 7 heteroatoms. The van der Waals surface area contributed by atoms with E-state index in [1.54, 1.807) is 0 Å². The highest BCUT2D eigenvalue weighted by molar-refractivity contribution is 7.80. The van der Waals surface area contributed by atoms with Gasteiger partial charge in [-0.05, 0) is 24.7 Å². The predicted octanol–water partition coefficient (Wildman–Crippen LogP) is 1.61. The Balaban J connectivity index is 2.69. The summed E-state index contributed by atoms with van der Waals surface area (Å²) in [6, 6.07) is 5.47. The van der Waals surface area contributed by atoms with Gasteiger partial charge in [0.25, 0.3) is 11.6 Å². The largest absolute Gasteiger partial charge is 0.362 e. The first-order valence-electron chi connectivity index (χ1n) is 5.38. The van der Waals surface area contributed by atoms with Crippen molar-refractivity contribution in [2.45, 2.75) is 13.3 Å². The van der Waals surface area contributed by atoms with Crippen molar-refractivity contribution >= 4 is 28.9 Å². The summed E-state index contributed by atoms with van der Waals surface area (Å²) in [5.74, 6) is -0.465. The zero-order valence-corrected chi connectivity index (χ0v) is 10.6. The Morgan fingerprint density at radius 1 is 1.50 bits per heavy atom. The average Bonchev–Trinajstić information content (AvgIpc) is 2.36. The van der Waals surface area contributed by atoms with E-state index in [0.717, 1.165) is 6.42 Å². The SMILES string of the molecule is CCCNC(=S)NC(=O)c1cccc([N+](=O)[O-])c1. The van der Waals surface area contributed by atoms with Gasteiger partial charge in [0.2, 0.25) is 0 Å².